The molecule has 104 valence electrons. The largest absolute Gasteiger partial charge is 0.493 e. The number of para-hydroxylation sites is 1. The molecule has 0 fully saturated rings. The fourth-order valence-electron chi connectivity index (χ4n) is 2.85. The lowest BCUT2D eigenvalue weighted by Gasteiger charge is -2.31. The quantitative estimate of drug-likeness (QED) is 0.903. The molecular formula is C18H21NO. The average molecular weight is 267 g/mol. The lowest BCUT2D eigenvalue weighted by Crippen LogP contribution is -2.35. The third-order valence-corrected chi connectivity index (χ3v) is 4.14. The molecule has 0 spiro atoms. The van der Waals surface area contributed by atoms with Crippen LogP contribution in [0.5, 0.6) is 5.75 Å². The van der Waals surface area contributed by atoms with Gasteiger partial charge in [-0.1, -0.05) is 48.0 Å². The van der Waals surface area contributed by atoms with Gasteiger partial charge >= 0.3 is 0 Å². The van der Waals surface area contributed by atoms with Gasteiger partial charge < -0.3 is 10.5 Å². The average Bonchev–Trinajstić information content (AvgIpc) is 2.47. The highest BCUT2D eigenvalue weighted by atomic mass is 16.5. The minimum absolute atomic E-state index is 0.531. The van der Waals surface area contributed by atoms with Gasteiger partial charge in [0.2, 0.25) is 0 Å². The third-order valence-electron chi connectivity index (χ3n) is 4.14. The molecule has 0 aromatic heterocycles. The van der Waals surface area contributed by atoms with E-state index in [4.69, 9.17) is 10.5 Å². The Labute approximate surface area is 120 Å². The molecule has 2 heteroatoms. The number of hydrogen-bond acceptors (Lipinski definition) is 2. The van der Waals surface area contributed by atoms with Crippen LogP contribution < -0.4 is 10.5 Å². The predicted molar refractivity (Wildman–Crippen MR) is 82.1 cm³/mol. The van der Waals surface area contributed by atoms with Gasteiger partial charge in [-0.25, -0.2) is 0 Å². The van der Waals surface area contributed by atoms with Gasteiger partial charge in [0.05, 0.1) is 12.1 Å². The van der Waals surface area contributed by atoms with Crippen LogP contribution in [0.1, 0.15) is 35.6 Å². The van der Waals surface area contributed by atoms with E-state index in [0.29, 0.717) is 0 Å². The molecule has 0 radical (unpaired) electrons. The number of rotatable bonds is 2. The Morgan fingerprint density at radius 3 is 2.60 bits per heavy atom. The normalized spacial score (nSPS) is 16.9. The molecule has 2 aromatic carbocycles. The van der Waals surface area contributed by atoms with Crippen molar-refractivity contribution in [1.82, 2.24) is 0 Å². The van der Waals surface area contributed by atoms with Gasteiger partial charge in [-0.2, -0.15) is 0 Å². The zero-order valence-electron chi connectivity index (χ0n) is 12.1. The molecule has 0 amide bonds. The van der Waals surface area contributed by atoms with Crippen molar-refractivity contribution < 1.29 is 4.74 Å². The predicted octanol–water partition coefficient (Wildman–Crippen LogP) is 3.54. The number of fused-ring (bicyclic) bond motifs is 1. The summed E-state index contributed by atoms with van der Waals surface area (Å²) in [5, 5.41) is 0. The van der Waals surface area contributed by atoms with Crippen molar-refractivity contribution in [2.45, 2.75) is 32.2 Å². The van der Waals surface area contributed by atoms with E-state index in [1.165, 1.54) is 11.1 Å². The van der Waals surface area contributed by atoms with Crippen LogP contribution in [0.2, 0.25) is 0 Å². The van der Waals surface area contributed by atoms with Gasteiger partial charge in [0, 0.05) is 5.56 Å². The van der Waals surface area contributed by atoms with Crippen LogP contribution in [-0.2, 0) is 12.0 Å². The molecule has 1 atom stereocenters. The molecule has 0 saturated carbocycles. The zero-order valence-corrected chi connectivity index (χ0v) is 12.1. The fraction of sp³-hybridized carbons (Fsp3) is 0.333. The van der Waals surface area contributed by atoms with Crippen LogP contribution in [0.25, 0.3) is 0 Å². The van der Waals surface area contributed by atoms with E-state index >= 15 is 0 Å². The van der Waals surface area contributed by atoms with Crippen molar-refractivity contribution in [1.29, 1.82) is 0 Å². The van der Waals surface area contributed by atoms with Crippen molar-refractivity contribution in [2.24, 2.45) is 5.73 Å². The van der Waals surface area contributed by atoms with E-state index in [1.807, 2.05) is 0 Å². The van der Waals surface area contributed by atoms with Crippen LogP contribution in [0.4, 0.5) is 0 Å². The summed E-state index contributed by atoms with van der Waals surface area (Å²) in [6, 6.07) is 14.7. The molecule has 2 nitrogen and oxygen atoms in total. The zero-order chi connectivity index (χ0) is 14.2. The van der Waals surface area contributed by atoms with Crippen LogP contribution >= 0.6 is 0 Å². The van der Waals surface area contributed by atoms with Gasteiger partial charge in [-0.3, -0.25) is 0 Å². The summed E-state index contributed by atoms with van der Waals surface area (Å²) in [5.74, 6) is 0.990. The van der Waals surface area contributed by atoms with E-state index in [0.717, 1.165) is 36.3 Å². The number of nitrogens with two attached hydrogens (primary N) is 1. The van der Waals surface area contributed by atoms with Crippen molar-refractivity contribution in [3.63, 3.8) is 0 Å². The maximum absolute atomic E-state index is 6.65. The molecule has 2 N–H and O–H groups in total. The maximum Gasteiger partial charge on any atom is 0.127 e. The van der Waals surface area contributed by atoms with Gasteiger partial charge in [-0.15, -0.1) is 0 Å². The summed E-state index contributed by atoms with van der Waals surface area (Å²) in [5.41, 5.74) is 10.8. The Balaban J connectivity index is 2.09. The van der Waals surface area contributed by atoms with Gasteiger partial charge in [0.15, 0.2) is 0 Å². The van der Waals surface area contributed by atoms with Gasteiger partial charge in [0.1, 0.15) is 5.75 Å². The Morgan fingerprint density at radius 1 is 1.10 bits per heavy atom. The Bertz CT molecular complexity index is 614. The highest BCUT2D eigenvalue weighted by Gasteiger charge is 2.29. The summed E-state index contributed by atoms with van der Waals surface area (Å²) in [6.45, 7) is 4.93. The first-order chi connectivity index (χ1) is 9.59. The van der Waals surface area contributed by atoms with E-state index in [-0.39, 0.29) is 0 Å². The minimum Gasteiger partial charge on any atom is -0.493 e. The molecular weight excluding hydrogens is 246 g/mol. The summed E-state index contributed by atoms with van der Waals surface area (Å²) in [6.07, 6.45) is 2.16. The third kappa shape index (κ3) is 2.20. The van der Waals surface area contributed by atoms with Crippen molar-refractivity contribution >= 4 is 0 Å². The van der Waals surface area contributed by atoms with E-state index in [2.05, 4.69) is 56.3 Å². The van der Waals surface area contributed by atoms with Crippen LogP contribution in [0.15, 0.2) is 42.5 Å². The SMILES string of the molecule is Cc1ccc(C(C)(N)c2cccc3c2OCCC3)cc1. The Hall–Kier alpha value is -1.80. The molecule has 1 heterocycles. The molecule has 1 unspecified atom stereocenters. The Kier molecular flexibility index (Phi) is 3.27. The number of aryl methyl sites for hydroxylation is 2. The molecule has 0 aliphatic carbocycles. The van der Waals surface area contributed by atoms with E-state index in [9.17, 15) is 0 Å². The highest BCUT2D eigenvalue weighted by Crippen LogP contribution is 2.37. The fourth-order valence-corrected chi connectivity index (χ4v) is 2.85. The van der Waals surface area contributed by atoms with Crippen molar-refractivity contribution in [2.75, 3.05) is 6.61 Å². The summed E-state index contributed by atoms with van der Waals surface area (Å²) < 4.78 is 5.91. The smallest absolute Gasteiger partial charge is 0.127 e. The maximum atomic E-state index is 6.65. The number of benzene rings is 2. The molecule has 1 aliphatic heterocycles. The first-order valence-electron chi connectivity index (χ1n) is 7.20. The summed E-state index contributed by atoms with van der Waals surface area (Å²) in [7, 11) is 0. The molecule has 0 bridgehead atoms. The summed E-state index contributed by atoms with van der Waals surface area (Å²) >= 11 is 0. The van der Waals surface area contributed by atoms with E-state index < -0.39 is 5.54 Å². The Morgan fingerprint density at radius 2 is 1.85 bits per heavy atom. The molecule has 0 saturated heterocycles. The first kappa shape index (κ1) is 13.2. The lowest BCUT2D eigenvalue weighted by atomic mass is 9.83. The first-order valence-corrected chi connectivity index (χ1v) is 7.20. The second kappa shape index (κ2) is 4.95. The van der Waals surface area contributed by atoms with Crippen LogP contribution in [-0.4, -0.2) is 6.61 Å². The molecule has 2 aromatic rings. The lowest BCUT2D eigenvalue weighted by molar-refractivity contribution is 0.280. The molecule has 3 rings (SSSR count). The molecule has 20 heavy (non-hydrogen) atoms. The molecule has 1 aliphatic rings. The second-order valence-electron chi connectivity index (χ2n) is 5.81. The number of ether oxygens (including phenoxy) is 1. The van der Waals surface area contributed by atoms with Gasteiger partial charge in [-0.05, 0) is 37.8 Å². The topological polar surface area (TPSA) is 35.2 Å². The number of hydrogen-bond donors (Lipinski definition) is 1. The minimum atomic E-state index is -0.531. The summed E-state index contributed by atoms with van der Waals surface area (Å²) in [4.78, 5) is 0. The van der Waals surface area contributed by atoms with E-state index in [1.54, 1.807) is 0 Å². The van der Waals surface area contributed by atoms with Crippen molar-refractivity contribution in [3.8, 4) is 5.75 Å². The monoisotopic (exact) mass is 267 g/mol. The van der Waals surface area contributed by atoms with Crippen molar-refractivity contribution in [3.05, 3.63) is 64.7 Å². The van der Waals surface area contributed by atoms with Crippen LogP contribution in [0.3, 0.4) is 0 Å². The highest BCUT2D eigenvalue weighted by molar-refractivity contribution is 5.50. The van der Waals surface area contributed by atoms with Crippen LogP contribution in [0, 0.1) is 6.92 Å². The standard InChI is InChI=1S/C18H21NO/c1-13-8-10-15(11-9-13)18(2,19)16-7-3-5-14-6-4-12-20-17(14)16/h3,5,7-11H,4,6,12,19H2,1-2H3. The second-order valence-corrected chi connectivity index (χ2v) is 5.81. The van der Waals surface area contributed by atoms with Gasteiger partial charge in [0.25, 0.3) is 0 Å².